The number of nitro groups is 1. The highest BCUT2D eigenvalue weighted by Crippen LogP contribution is 2.19. The van der Waals surface area contributed by atoms with Gasteiger partial charge in [0.15, 0.2) is 0 Å². The largest absolute Gasteiger partial charge is 0.545 e. The van der Waals surface area contributed by atoms with Crippen molar-refractivity contribution in [2.75, 3.05) is 67.1 Å². The molecule has 0 N–H and O–H groups in total. The highest BCUT2D eigenvalue weighted by atomic mass is 32.2. The molecule has 11 nitrogen and oxygen atoms in total. The van der Waals surface area contributed by atoms with Gasteiger partial charge in [-0.05, 0) is 12.2 Å². The third-order valence-corrected chi connectivity index (χ3v) is 8.92. The highest BCUT2D eigenvalue weighted by Gasteiger charge is 2.36. The first-order chi connectivity index (χ1) is 16.3. The Balaban J connectivity index is 0. The van der Waals surface area contributed by atoms with Crippen molar-refractivity contribution in [3.05, 3.63) is 39.9 Å². The number of esters is 1. The molecule has 0 amide bonds. The van der Waals surface area contributed by atoms with Crippen LogP contribution in [0.4, 0.5) is 5.69 Å². The van der Waals surface area contributed by atoms with Crippen molar-refractivity contribution in [2.24, 2.45) is 5.92 Å². The summed E-state index contributed by atoms with van der Waals surface area (Å²) in [4.78, 5) is 31.6. The first-order valence-corrected chi connectivity index (χ1v) is 14.1. The molecule has 0 aromatic heterocycles. The fourth-order valence-corrected chi connectivity index (χ4v) is 5.57. The van der Waals surface area contributed by atoms with Gasteiger partial charge in [-0.1, -0.05) is 26.5 Å². The second-order valence-electron chi connectivity index (χ2n) is 8.65. The number of nitrogens with zero attached hydrogens (tertiary/aromatic N) is 2. The van der Waals surface area contributed by atoms with E-state index in [0.29, 0.717) is 6.61 Å². The van der Waals surface area contributed by atoms with E-state index >= 15 is 0 Å². The van der Waals surface area contributed by atoms with Crippen molar-refractivity contribution < 1.29 is 42.1 Å². The topological polar surface area (TPSA) is 137 Å². The second-order valence-corrected chi connectivity index (χ2v) is 12.9. The molecular weight excluding hydrogens is 508 g/mol. The molecule has 208 valence electrons. The smallest absolute Gasteiger partial charge is 0.500 e. The maximum absolute atomic E-state index is 11.9. The normalized spacial score (nSPS) is 12.0. The van der Waals surface area contributed by atoms with Crippen molar-refractivity contribution in [1.29, 1.82) is 0 Å². The molecule has 0 aliphatic carbocycles. The van der Waals surface area contributed by atoms with Gasteiger partial charge < -0.3 is 32.4 Å². The summed E-state index contributed by atoms with van der Waals surface area (Å²) < 4.78 is 22.3. The number of nitro benzene ring substituents is 1. The Kier molecular flexibility index (Phi) is 18.3. The fourth-order valence-electron chi connectivity index (χ4n) is 2.58. The predicted molar refractivity (Wildman–Crippen MR) is 141 cm³/mol. The number of ether oxygens (including phenoxy) is 1. The minimum Gasteiger partial charge on any atom is -0.545 e. The molecule has 0 bridgehead atoms. The first kappa shape index (κ1) is 36.1. The molecule has 0 saturated carbocycles. The molecular formula is C23H42N2O9SSi. The predicted octanol–water partition coefficient (Wildman–Crippen LogP) is 2.47. The summed E-state index contributed by atoms with van der Waals surface area (Å²) in [6.07, 6.45) is 0.940. The fraction of sp³-hybridized carbons (Fsp3) is 0.652. The molecule has 1 unspecified atom stereocenters. The Hall–Kier alpha value is -2.03. The zero-order chi connectivity index (χ0) is 27.1. The van der Waals surface area contributed by atoms with Gasteiger partial charge in [0.2, 0.25) is 0 Å². The van der Waals surface area contributed by atoms with Gasteiger partial charge in [-0.15, -0.1) is 0 Å². The number of non-ortho nitro benzene ring substituents is 1. The van der Waals surface area contributed by atoms with E-state index in [1.54, 1.807) is 33.1 Å². The zero-order valence-electron chi connectivity index (χ0n) is 21.6. The van der Waals surface area contributed by atoms with E-state index in [2.05, 4.69) is 21.1 Å². The van der Waals surface area contributed by atoms with Crippen LogP contribution in [-0.2, 0) is 22.8 Å². The van der Waals surface area contributed by atoms with E-state index in [9.17, 15) is 24.8 Å². The Labute approximate surface area is 220 Å². The molecule has 0 fully saturated rings. The van der Waals surface area contributed by atoms with Crippen molar-refractivity contribution in [1.82, 2.24) is 0 Å². The summed E-state index contributed by atoms with van der Waals surface area (Å²) in [5, 5.41) is 20.4. The lowest BCUT2D eigenvalue weighted by Crippen LogP contribution is -2.42. The maximum atomic E-state index is 11.9. The van der Waals surface area contributed by atoms with Crippen molar-refractivity contribution in [3.63, 3.8) is 0 Å². The Morgan fingerprint density at radius 3 is 2.19 bits per heavy atom. The number of carboxylic acid groups (broad SMARTS) is 1. The van der Waals surface area contributed by atoms with Gasteiger partial charge in [0.25, 0.3) is 5.69 Å². The van der Waals surface area contributed by atoms with Gasteiger partial charge in [0.05, 0.1) is 38.0 Å². The van der Waals surface area contributed by atoms with Crippen molar-refractivity contribution >= 4 is 38.2 Å². The van der Waals surface area contributed by atoms with E-state index in [1.807, 2.05) is 6.92 Å². The van der Waals surface area contributed by atoms with E-state index in [4.69, 9.17) is 18.0 Å². The number of hydrogen-bond acceptors (Lipinski definition) is 10. The number of benzene rings is 1. The molecule has 1 aromatic rings. The van der Waals surface area contributed by atoms with Gasteiger partial charge in [-0.3, -0.25) is 14.9 Å². The van der Waals surface area contributed by atoms with Crippen LogP contribution in [0.15, 0.2) is 24.3 Å². The lowest BCUT2D eigenvalue weighted by Gasteiger charge is -2.24. The van der Waals surface area contributed by atoms with Crippen LogP contribution in [0.25, 0.3) is 0 Å². The van der Waals surface area contributed by atoms with Crippen LogP contribution in [0, 0.1) is 16.0 Å². The van der Waals surface area contributed by atoms with Gasteiger partial charge in [0, 0.05) is 50.8 Å². The standard InChI is InChI=1S/C15H34NO5SSi.C7H5NO4.CH4/c1-14(15(17)21-10-9-16(2,3)4)13-22-11-8-12-23(18-5,19-6)20-7;9-7(10)5-2-1-3-6(4-5)8(11)12;/h14H,8-13H2,1-7H3;1-4H,(H,9,10);1H4/q+1;;/p-1. The van der Waals surface area contributed by atoms with Crippen LogP contribution < -0.4 is 5.11 Å². The van der Waals surface area contributed by atoms with Crippen LogP contribution >= 0.6 is 11.8 Å². The van der Waals surface area contributed by atoms with Gasteiger partial charge in [-0.2, -0.15) is 11.8 Å². The second kappa shape index (κ2) is 18.2. The SMILES string of the molecule is C.CO[Si](CCCSCC(C)C(=O)OCC[N+](C)(C)C)(OC)OC.O=C([O-])c1cccc([N+](=O)[O-])c1. The zero-order valence-corrected chi connectivity index (χ0v) is 23.4. The number of aromatic carboxylic acids is 1. The monoisotopic (exact) mass is 550 g/mol. The summed E-state index contributed by atoms with van der Waals surface area (Å²) in [5.74, 6) is 0.104. The Bertz CT molecular complexity index is 765. The number of thioether (sulfide) groups is 1. The summed E-state index contributed by atoms with van der Waals surface area (Å²) in [6, 6.07) is 5.49. The molecule has 36 heavy (non-hydrogen) atoms. The van der Waals surface area contributed by atoms with Crippen LogP contribution in [0.2, 0.25) is 6.04 Å². The quantitative estimate of drug-likeness (QED) is 0.0799. The third-order valence-electron chi connectivity index (χ3n) is 4.77. The lowest BCUT2D eigenvalue weighted by atomic mass is 10.2. The molecule has 0 spiro atoms. The van der Waals surface area contributed by atoms with E-state index in [1.165, 1.54) is 18.2 Å². The van der Waals surface area contributed by atoms with Crippen molar-refractivity contribution in [2.45, 2.75) is 26.8 Å². The summed E-state index contributed by atoms with van der Waals surface area (Å²) >= 11 is 1.75. The number of quaternary nitrogens is 1. The molecule has 0 saturated heterocycles. The van der Waals surface area contributed by atoms with Gasteiger partial charge in [-0.25, -0.2) is 0 Å². The van der Waals surface area contributed by atoms with Crippen LogP contribution in [-0.4, -0.2) is 97.3 Å². The number of hydrogen-bond donors (Lipinski definition) is 0. The van der Waals surface area contributed by atoms with E-state index in [0.717, 1.165) is 41.1 Å². The van der Waals surface area contributed by atoms with Crippen LogP contribution in [0.1, 0.15) is 31.1 Å². The lowest BCUT2D eigenvalue weighted by molar-refractivity contribution is -0.870. The number of likely N-dealkylation sites (N-methyl/N-ethyl adjacent to an activating group) is 1. The molecule has 1 rings (SSSR count). The molecule has 0 aliphatic rings. The molecule has 13 heteroatoms. The minimum atomic E-state index is -2.46. The van der Waals surface area contributed by atoms with Gasteiger partial charge >= 0.3 is 14.8 Å². The summed E-state index contributed by atoms with van der Waals surface area (Å²) in [6.45, 7) is 3.21. The van der Waals surface area contributed by atoms with Crippen LogP contribution in [0.5, 0.6) is 0 Å². The molecule has 0 radical (unpaired) electrons. The number of carbonyl (C=O) groups is 2. The number of rotatable bonds is 15. The average molecular weight is 551 g/mol. The molecule has 1 aromatic carbocycles. The number of carboxylic acids is 1. The Morgan fingerprint density at radius 2 is 1.72 bits per heavy atom. The summed E-state index contributed by atoms with van der Waals surface area (Å²) in [7, 11) is 8.66. The maximum Gasteiger partial charge on any atom is 0.500 e. The minimum absolute atomic E-state index is 0. The molecule has 1 atom stereocenters. The number of carbonyl (C=O) groups excluding carboxylic acids is 2. The third kappa shape index (κ3) is 15.2. The first-order valence-electron chi connectivity index (χ1n) is 11.0. The van der Waals surface area contributed by atoms with Crippen molar-refractivity contribution in [3.8, 4) is 0 Å². The average Bonchev–Trinajstić information content (AvgIpc) is 2.81. The molecule has 0 aliphatic heterocycles. The highest BCUT2D eigenvalue weighted by molar-refractivity contribution is 7.99. The van der Waals surface area contributed by atoms with Gasteiger partial charge in [0.1, 0.15) is 13.2 Å². The van der Waals surface area contributed by atoms with E-state index < -0.39 is 19.7 Å². The van der Waals surface area contributed by atoms with E-state index in [-0.39, 0.29) is 30.6 Å². The Morgan fingerprint density at radius 1 is 1.14 bits per heavy atom. The summed E-state index contributed by atoms with van der Waals surface area (Å²) in [5.41, 5.74) is -0.444. The van der Waals surface area contributed by atoms with Crippen LogP contribution in [0.3, 0.4) is 0 Å². The molecule has 0 heterocycles.